The van der Waals surface area contributed by atoms with Crippen molar-refractivity contribution in [1.82, 2.24) is 4.90 Å². The average molecular weight is 568 g/mol. The van der Waals surface area contributed by atoms with E-state index in [4.69, 9.17) is 4.74 Å². The first-order valence-corrected chi connectivity index (χ1v) is 14.6. The highest BCUT2D eigenvalue weighted by Crippen LogP contribution is 2.16. The van der Waals surface area contributed by atoms with E-state index in [2.05, 4.69) is 23.4 Å². The van der Waals surface area contributed by atoms with E-state index in [9.17, 15) is 0 Å². The summed E-state index contributed by atoms with van der Waals surface area (Å²) >= 11 is 1.90. The van der Waals surface area contributed by atoms with E-state index in [0.717, 1.165) is 19.1 Å². The number of hydrogen-bond acceptors (Lipinski definition) is 3. The number of ether oxygens (including phenoxy) is 1. The van der Waals surface area contributed by atoms with Gasteiger partial charge in [0.2, 0.25) is 0 Å². The highest BCUT2D eigenvalue weighted by Gasteiger charge is 2.03. The monoisotopic (exact) mass is 567 g/mol. The molecule has 1 heterocycles. The molecule has 186 valence electrons. The van der Waals surface area contributed by atoms with Crippen LogP contribution >= 0.6 is 35.7 Å². The topological polar surface area (TPSA) is 12.5 Å². The first-order valence-electron chi connectivity index (χ1n) is 13.5. The third-order valence-corrected chi connectivity index (χ3v) is 7.03. The number of rotatable bonds is 24. The molecule has 0 aliphatic carbocycles. The lowest BCUT2D eigenvalue weighted by atomic mass is 10.0. The lowest BCUT2D eigenvalue weighted by Crippen LogP contribution is -2.14. The minimum Gasteiger partial charge on any atom is -0.381 e. The molecule has 0 aromatic heterocycles. The maximum Gasteiger partial charge on any atom is 0.0675 e. The van der Waals surface area contributed by atoms with Crippen LogP contribution in [0.25, 0.3) is 0 Å². The Kier molecular flexibility index (Phi) is 27.3. The minimum absolute atomic E-state index is 0. The molecule has 0 saturated carbocycles. The van der Waals surface area contributed by atoms with Crippen molar-refractivity contribution >= 4 is 35.7 Å². The van der Waals surface area contributed by atoms with Crippen LogP contribution in [0, 0.1) is 0 Å². The third-order valence-electron chi connectivity index (χ3n) is 6.23. The summed E-state index contributed by atoms with van der Waals surface area (Å²) in [6.07, 6.45) is 30.4. The largest absolute Gasteiger partial charge is 0.381 e. The van der Waals surface area contributed by atoms with E-state index in [1.165, 1.54) is 135 Å². The molecule has 0 fully saturated rings. The summed E-state index contributed by atoms with van der Waals surface area (Å²) in [4.78, 5) is 2.42. The van der Waals surface area contributed by atoms with E-state index in [1.54, 1.807) is 0 Å². The highest BCUT2D eigenvalue weighted by atomic mass is 127. The summed E-state index contributed by atoms with van der Waals surface area (Å²) in [5.74, 6) is 1.16. The summed E-state index contributed by atoms with van der Waals surface area (Å²) in [6.45, 7) is 5.47. The van der Waals surface area contributed by atoms with Crippen LogP contribution in [0.3, 0.4) is 0 Å². The van der Waals surface area contributed by atoms with Gasteiger partial charge in [-0.3, -0.25) is 0 Å². The Morgan fingerprint density at radius 2 is 1.03 bits per heavy atom. The molecule has 1 aliphatic heterocycles. The number of hydrogen-bond donors (Lipinski definition) is 0. The zero-order valence-electron chi connectivity index (χ0n) is 20.8. The SMILES string of the molecule is CCCCCCCCCCCCCCCCCCOCCCCCCN1C=CSC1.I. The van der Waals surface area contributed by atoms with Crippen LogP contribution in [0.2, 0.25) is 0 Å². The van der Waals surface area contributed by atoms with E-state index in [0.29, 0.717) is 0 Å². The summed E-state index contributed by atoms with van der Waals surface area (Å²) < 4.78 is 5.81. The molecule has 4 heteroatoms. The fourth-order valence-corrected chi connectivity index (χ4v) is 4.93. The van der Waals surface area contributed by atoms with Gasteiger partial charge in [0.1, 0.15) is 0 Å². The number of nitrogens with zero attached hydrogens (tertiary/aromatic N) is 1. The van der Waals surface area contributed by atoms with Crippen molar-refractivity contribution in [2.45, 2.75) is 135 Å². The van der Waals surface area contributed by atoms with Crippen molar-refractivity contribution in [3.8, 4) is 0 Å². The van der Waals surface area contributed by atoms with Gasteiger partial charge >= 0.3 is 0 Å². The van der Waals surface area contributed by atoms with Gasteiger partial charge in [-0.25, -0.2) is 0 Å². The Bertz CT molecular complexity index is 367. The summed E-state index contributed by atoms with van der Waals surface area (Å²) in [6, 6.07) is 0. The van der Waals surface area contributed by atoms with Gasteiger partial charge in [0.15, 0.2) is 0 Å². The van der Waals surface area contributed by atoms with Crippen molar-refractivity contribution in [1.29, 1.82) is 0 Å². The Labute approximate surface area is 217 Å². The van der Waals surface area contributed by atoms with Crippen molar-refractivity contribution in [3.05, 3.63) is 11.6 Å². The predicted octanol–water partition coefficient (Wildman–Crippen LogP) is 9.92. The van der Waals surface area contributed by atoms with Crippen LogP contribution in [-0.2, 0) is 4.74 Å². The second-order valence-corrected chi connectivity index (χ2v) is 10.1. The van der Waals surface area contributed by atoms with Gasteiger partial charge in [-0.05, 0) is 24.7 Å². The molecule has 0 unspecified atom stereocenters. The van der Waals surface area contributed by atoms with Gasteiger partial charge in [-0.15, -0.1) is 35.7 Å². The van der Waals surface area contributed by atoms with Crippen LogP contribution in [0.5, 0.6) is 0 Å². The number of halogens is 1. The molecule has 0 N–H and O–H groups in total. The van der Waals surface area contributed by atoms with Gasteiger partial charge in [0.25, 0.3) is 0 Å². The van der Waals surface area contributed by atoms with Crippen molar-refractivity contribution < 1.29 is 4.74 Å². The molecular weight excluding hydrogens is 513 g/mol. The van der Waals surface area contributed by atoms with Crippen LogP contribution in [0.15, 0.2) is 11.6 Å². The molecule has 0 aromatic carbocycles. The van der Waals surface area contributed by atoms with Gasteiger partial charge in [-0.1, -0.05) is 116 Å². The van der Waals surface area contributed by atoms with E-state index in [-0.39, 0.29) is 24.0 Å². The van der Waals surface area contributed by atoms with Crippen molar-refractivity contribution in [3.63, 3.8) is 0 Å². The zero-order valence-corrected chi connectivity index (χ0v) is 23.9. The maximum atomic E-state index is 5.81. The van der Waals surface area contributed by atoms with Crippen LogP contribution in [-0.4, -0.2) is 30.5 Å². The van der Waals surface area contributed by atoms with Crippen molar-refractivity contribution in [2.24, 2.45) is 0 Å². The maximum absolute atomic E-state index is 5.81. The van der Waals surface area contributed by atoms with Crippen LogP contribution in [0.1, 0.15) is 135 Å². The fraction of sp³-hybridized carbons (Fsp3) is 0.926. The molecule has 0 spiro atoms. The Balaban J connectivity index is 0.00000900. The Morgan fingerprint density at radius 3 is 1.45 bits per heavy atom. The molecule has 0 radical (unpaired) electrons. The molecule has 1 rings (SSSR count). The lowest BCUT2D eigenvalue weighted by Gasteiger charge is -2.13. The van der Waals surface area contributed by atoms with E-state index >= 15 is 0 Å². The molecule has 2 nitrogen and oxygen atoms in total. The molecule has 0 atom stereocenters. The van der Waals surface area contributed by atoms with Crippen LogP contribution < -0.4 is 0 Å². The summed E-state index contributed by atoms with van der Waals surface area (Å²) in [5, 5.41) is 2.20. The third kappa shape index (κ3) is 23.5. The smallest absolute Gasteiger partial charge is 0.0675 e. The predicted molar refractivity (Wildman–Crippen MR) is 153 cm³/mol. The molecule has 0 bridgehead atoms. The van der Waals surface area contributed by atoms with E-state index < -0.39 is 0 Å². The van der Waals surface area contributed by atoms with Gasteiger partial charge in [0.05, 0.1) is 5.88 Å². The van der Waals surface area contributed by atoms with Gasteiger partial charge < -0.3 is 9.64 Å². The quantitative estimate of drug-likeness (QED) is 0.0851. The number of thioether (sulfide) groups is 1. The molecular formula is C27H54INOS. The highest BCUT2D eigenvalue weighted by molar-refractivity contribution is 14.0. The summed E-state index contributed by atoms with van der Waals surface area (Å²) in [5.41, 5.74) is 0. The van der Waals surface area contributed by atoms with Gasteiger partial charge in [0, 0.05) is 26.0 Å². The number of unbranched alkanes of at least 4 members (excludes halogenated alkanes) is 18. The molecule has 1 aliphatic rings. The first-order chi connectivity index (χ1) is 14.9. The normalized spacial score (nSPS) is 13.1. The lowest BCUT2D eigenvalue weighted by molar-refractivity contribution is 0.125. The Hall–Kier alpha value is 0.580. The van der Waals surface area contributed by atoms with E-state index in [1.807, 2.05) is 11.8 Å². The van der Waals surface area contributed by atoms with Crippen LogP contribution in [0.4, 0.5) is 0 Å². The standard InChI is InChI=1S/C27H53NOS.HI/c1-2-3-4-5-6-7-8-9-10-11-12-13-14-15-17-20-24-29-25-21-18-16-19-22-28-23-26-30-27-28;/h23,26H,2-22,24-25,27H2,1H3;1H. The second kappa shape index (κ2) is 26.8. The second-order valence-electron chi connectivity index (χ2n) is 9.22. The minimum atomic E-state index is 0. The average Bonchev–Trinajstić information content (AvgIpc) is 3.28. The zero-order chi connectivity index (χ0) is 21.4. The fourth-order valence-electron chi connectivity index (χ4n) is 4.18. The van der Waals surface area contributed by atoms with Gasteiger partial charge in [-0.2, -0.15) is 0 Å². The molecule has 0 amide bonds. The van der Waals surface area contributed by atoms with Crippen molar-refractivity contribution in [2.75, 3.05) is 25.6 Å². The molecule has 31 heavy (non-hydrogen) atoms. The Morgan fingerprint density at radius 1 is 0.613 bits per heavy atom. The molecule has 0 saturated heterocycles. The summed E-state index contributed by atoms with van der Waals surface area (Å²) in [7, 11) is 0. The molecule has 0 aromatic rings. The first kappa shape index (κ1) is 31.6.